The van der Waals surface area contributed by atoms with Crippen molar-refractivity contribution in [2.75, 3.05) is 12.3 Å². The van der Waals surface area contributed by atoms with Crippen molar-refractivity contribution in [3.05, 3.63) is 51.7 Å². The van der Waals surface area contributed by atoms with Crippen LogP contribution in [0.25, 0.3) is 27.6 Å². The molecule has 0 spiro atoms. The number of benzene rings is 1. The largest absolute Gasteiger partial charge is 0.462 e. The maximum atomic E-state index is 13.1. The molecule has 0 amide bonds. The Hall–Kier alpha value is -3.15. The van der Waals surface area contributed by atoms with Crippen molar-refractivity contribution in [3.8, 4) is 0 Å². The molecule has 2 N–H and O–H groups in total. The number of hydrogen-bond donors (Lipinski definition) is 1. The Morgan fingerprint density at radius 1 is 1.26 bits per heavy atom. The summed E-state index contributed by atoms with van der Waals surface area (Å²) in [5, 5.41) is 0.683. The average molecular weight is 364 g/mol. The molecule has 0 saturated carbocycles. The van der Waals surface area contributed by atoms with Crippen LogP contribution in [0.5, 0.6) is 0 Å². The number of rotatable bonds is 3. The first-order valence-electron chi connectivity index (χ1n) is 9.12. The number of fused-ring (bicyclic) bond motifs is 2. The van der Waals surface area contributed by atoms with Gasteiger partial charge in [0.25, 0.3) is 0 Å². The van der Waals surface area contributed by atoms with Gasteiger partial charge in [0.2, 0.25) is 11.1 Å². The summed E-state index contributed by atoms with van der Waals surface area (Å²) in [5.74, 6) is -0.627. The molecule has 0 radical (unpaired) electrons. The van der Waals surface area contributed by atoms with Gasteiger partial charge in [-0.05, 0) is 61.9 Å². The van der Waals surface area contributed by atoms with Crippen LogP contribution in [0.3, 0.4) is 0 Å². The highest BCUT2D eigenvalue weighted by molar-refractivity contribution is 5.99. The quantitative estimate of drug-likeness (QED) is 0.556. The van der Waals surface area contributed by atoms with Crippen LogP contribution in [-0.4, -0.2) is 17.6 Å². The van der Waals surface area contributed by atoms with Crippen molar-refractivity contribution in [1.82, 2.24) is 4.98 Å². The van der Waals surface area contributed by atoms with E-state index in [0.29, 0.717) is 11.0 Å². The smallest absolute Gasteiger partial charge is 0.341 e. The van der Waals surface area contributed by atoms with Crippen LogP contribution in [0.2, 0.25) is 0 Å². The summed E-state index contributed by atoms with van der Waals surface area (Å²) in [6.45, 7) is 1.91. The first-order chi connectivity index (χ1) is 13.1. The molecule has 0 aliphatic heterocycles. The summed E-state index contributed by atoms with van der Waals surface area (Å²) in [4.78, 5) is 29.2. The van der Waals surface area contributed by atoms with Crippen molar-refractivity contribution in [2.24, 2.45) is 0 Å². The van der Waals surface area contributed by atoms with Gasteiger partial charge in [0.05, 0.1) is 17.4 Å². The van der Waals surface area contributed by atoms with Crippen LogP contribution in [0.15, 0.2) is 39.6 Å². The number of nitrogens with two attached hydrogens (primary N) is 1. The first-order valence-corrected chi connectivity index (χ1v) is 9.12. The van der Waals surface area contributed by atoms with Crippen LogP contribution < -0.4 is 11.2 Å². The zero-order chi connectivity index (χ0) is 19.0. The molecule has 27 heavy (non-hydrogen) atoms. The Balaban J connectivity index is 1.92. The molecule has 2 heterocycles. The third-order valence-corrected chi connectivity index (χ3v) is 4.85. The number of ether oxygens (including phenoxy) is 1. The monoisotopic (exact) mass is 364 g/mol. The summed E-state index contributed by atoms with van der Waals surface area (Å²) in [6, 6.07) is 7.02. The van der Waals surface area contributed by atoms with Gasteiger partial charge in [-0.3, -0.25) is 4.79 Å². The number of anilines is 1. The summed E-state index contributed by atoms with van der Waals surface area (Å²) in [6.07, 6.45) is 6.66. The van der Waals surface area contributed by atoms with Gasteiger partial charge in [-0.25, -0.2) is 4.79 Å². The van der Waals surface area contributed by atoms with Crippen molar-refractivity contribution in [3.63, 3.8) is 0 Å². The van der Waals surface area contributed by atoms with Crippen molar-refractivity contribution >= 4 is 39.4 Å². The molecule has 1 aromatic carbocycles. The summed E-state index contributed by atoms with van der Waals surface area (Å²) in [7, 11) is 0. The predicted molar refractivity (Wildman–Crippen MR) is 105 cm³/mol. The van der Waals surface area contributed by atoms with Crippen molar-refractivity contribution < 1.29 is 13.9 Å². The van der Waals surface area contributed by atoms with E-state index >= 15 is 0 Å². The van der Waals surface area contributed by atoms with Crippen LogP contribution >= 0.6 is 0 Å². The number of esters is 1. The minimum absolute atomic E-state index is 0.0209. The molecule has 0 unspecified atom stereocenters. The van der Waals surface area contributed by atoms with E-state index in [-0.39, 0.29) is 34.5 Å². The summed E-state index contributed by atoms with van der Waals surface area (Å²) < 4.78 is 10.8. The fourth-order valence-corrected chi connectivity index (χ4v) is 3.47. The SMILES string of the molecule is CCOC(=O)c1cc2c(=O)c3cc(C4=CCCCC4)ccc3oc2nc1N. The fraction of sp³-hybridized carbons (Fsp3) is 0.286. The molecule has 0 saturated heterocycles. The van der Waals surface area contributed by atoms with Crippen LogP contribution in [0.1, 0.15) is 48.5 Å². The molecule has 138 valence electrons. The molecule has 1 aliphatic rings. The van der Waals surface area contributed by atoms with E-state index in [4.69, 9.17) is 14.9 Å². The molecule has 2 aromatic heterocycles. The topological polar surface area (TPSA) is 95.4 Å². The molecule has 6 nitrogen and oxygen atoms in total. The molecule has 3 aromatic rings. The molecule has 6 heteroatoms. The van der Waals surface area contributed by atoms with E-state index in [1.165, 1.54) is 18.1 Å². The molecule has 0 bridgehead atoms. The van der Waals surface area contributed by atoms with E-state index in [9.17, 15) is 9.59 Å². The zero-order valence-electron chi connectivity index (χ0n) is 15.1. The van der Waals surface area contributed by atoms with Gasteiger partial charge in [-0.2, -0.15) is 4.98 Å². The van der Waals surface area contributed by atoms with Crippen LogP contribution in [0, 0.1) is 0 Å². The molecule has 0 fully saturated rings. The summed E-state index contributed by atoms with van der Waals surface area (Å²) >= 11 is 0. The van der Waals surface area contributed by atoms with E-state index < -0.39 is 5.97 Å². The van der Waals surface area contributed by atoms with Crippen molar-refractivity contribution in [1.29, 1.82) is 0 Å². The Bertz CT molecular complexity index is 1140. The summed E-state index contributed by atoms with van der Waals surface area (Å²) in [5.41, 5.74) is 8.54. The van der Waals surface area contributed by atoms with Gasteiger partial charge in [0, 0.05) is 0 Å². The fourth-order valence-electron chi connectivity index (χ4n) is 3.47. The average Bonchev–Trinajstić information content (AvgIpc) is 2.68. The maximum Gasteiger partial charge on any atom is 0.341 e. The maximum absolute atomic E-state index is 13.1. The number of nitrogens with zero attached hydrogens (tertiary/aromatic N) is 1. The van der Waals surface area contributed by atoms with E-state index in [1.54, 1.807) is 13.0 Å². The molecular weight excluding hydrogens is 344 g/mol. The lowest BCUT2D eigenvalue weighted by Crippen LogP contribution is -2.12. The van der Waals surface area contributed by atoms with E-state index in [1.807, 2.05) is 12.1 Å². The van der Waals surface area contributed by atoms with Gasteiger partial charge in [-0.1, -0.05) is 12.1 Å². The lowest BCUT2D eigenvalue weighted by Gasteiger charge is -2.13. The van der Waals surface area contributed by atoms with Gasteiger partial charge in [-0.15, -0.1) is 0 Å². The normalized spacial score (nSPS) is 14.3. The van der Waals surface area contributed by atoms with Gasteiger partial charge >= 0.3 is 5.97 Å². The lowest BCUT2D eigenvalue weighted by molar-refractivity contribution is 0.0527. The Morgan fingerprint density at radius 3 is 2.85 bits per heavy atom. The standard InChI is InChI=1S/C21H20N2O4/c1-2-26-21(25)16-11-15-18(24)14-10-13(12-6-4-3-5-7-12)8-9-17(14)27-20(15)23-19(16)22/h6,8-11H,2-5,7H2,1H3,(H2,22,23). The molecule has 0 atom stereocenters. The molecular formula is C21H20N2O4. The first kappa shape index (κ1) is 17.3. The minimum atomic E-state index is -0.606. The van der Waals surface area contributed by atoms with Gasteiger partial charge in [0.15, 0.2) is 0 Å². The molecule has 1 aliphatic carbocycles. The number of aromatic nitrogens is 1. The number of pyridine rings is 1. The second kappa shape index (κ2) is 6.87. The minimum Gasteiger partial charge on any atom is -0.462 e. The second-order valence-corrected chi connectivity index (χ2v) is 6.61. The van der Waals surface area contributed by atoms with Gasteiger partial charge < -0.3 is 14.9 Å². The number of carbonyl (C=O) groups is 1. The van der Waals surface area contributed by atoms with E-state index in [0.717, 1.165) is 24.8 Å². The number of nitrogen functional groups attached to an aromatic ring is 1. The molecule has 4 rings (SSSR count). The second-order valence-electron chi connectivity index (χ2n) is 6.61. The highest BCUT2D eigenvalue weighted by Gasteiger charge is 2.18. The zero-order valence-corrected chi connectivity index (χ0v) is 15.1. The van der Waals surface area contributed by atoms with Crippen molar-refractivity contribution in [2.45, 2.75) is 32.6 Å². The number of allylic oxidation sites excluding steroid dienone is 2. The third-order valence-electron chi connectivity index (χ3n) is 4.85. The van der Waals surface area contributed by atoms with Crippen LogP contribution in [-0.2, 0) is 4.74 Å². The number of hydrogen-bond acceptors (Lipinski definition) is 6. The Kier molecular flexibility index (Phi) is 4.39. The Morgan fingerprint density at radius 2 is 2.11 bits per heavy atom. The predicted octanol–water partition coefficient (Wildman–Crippen LogP) is 4.06. The van der Waals surface area contributed by atoms with Crippen LogP contribution in [0.4, 0.5) is 5.82 Å². The lowest BCUT2D eigenvalue weighted by atomic mass is 9.93. The third kappa shape index (κ3) is 3.07. The number of carbonyl (C=O) groups excluding carboxylic acids is 1. The Labute approximate surface area is 155 Å². The van der Waals surface area contributed by atoms with Gasteiger partial charge in [0.1, 0.15) is 17.0 Å². The highest BCUT2D eigenvalue weighted by Crippen LogP contribution is 2.29. The van der Waals surface area contributed by atoms with E-state index in [2.05, 4.69) is 11.1 Å². The highest BCUT2D eigenvalue weighted by atomic mass is 16.5.